The van der Waals surface area contributed by atoms with Crippen molar-refractivity contribution in [1.82, 2.24) is 4.31 Å². The second kappa shape index (κ2) is 8.69. The van der Waals surface area contributed by atoms with Gasteiger partial charge in [-0.2, -0.15) is 4.31 Å². The van der Waals surface area contributed by atoms with Crippen LogP contribution in [0, 0.1) is 5.82 Å². The van der Waals surface area contributed by atoms with Crippen molar-refractivity contribution < 1.29 is 22.3 Å². The Balaban J connectivity index is 1.95. The summed E-state index contributed by atoms with van der Waals surface area (Å²) >= 11 is 5.95. The van der Waals surface area contributed by atoms with Gasteiger partial charge in [0.05, 0.1) is 17.8 Å². The van der Waals surface area contributed by atoms with Gasteiger partial charge in [0.25, 0.3) is 5.91 Å². The summed E-state index contributed by atoms with van der Waals surface area (Å²) in [6.07, 6.45) is 2.55. The first-order chi connectivity index (χ1) is 13.7. The zero-order valence-corrected chi connectivity index (χ0v) is 17.7. The maximum atomic E-state index is 13.3. The number of carbonyl (C=O) groups is 1. The number of benzene rings is 2. The number of nitrogens with zero attached hydrogens (tertiary/aromatic N) is 1. The Morgan fingerprint density at radius 2 is 2.00 bits per heavy atom. The predicted octanol–water partition coefficient (Wildman–Crippen LogP) is 4.30. The molecule has 1 aliphatic rings. The van der Waals surface area contributed by atoms with Gasteiger partial charge in [-0.15, -0.1) is 0 Å². The first-order valence-corrected chi connectivity index (χ1v) is 11.0. The van der Waals surface area contributed by atoms with Crippen molar-refractivity contribution in [3.05, 3.63) is 52.8 Å². The fraction of sp³-hybridized carbons (Fsp3) is 0.350. The van der Waals surface area contributed by atoms with E-state index < -0.39 is 21.7 Å². The average molecular weight is 441 g/mol. The second-order valence-electron chi connectivity index (χ2n) is 6.90. The van der Waals surface area contributed by atoms with Gasteiger partial charge in [0, 0.05) is 18.2 Å². The molecule has 1 saturated heterocycles. The van der Waals surface area contributed by atoms with E-state index in [1.807, 2.05) is 6.92 Å². The van der Waals surface area contributed by atoms with Crippen LogP contribution in [0.15, 0.2) is 41.3 Å². The quantitative estimate of drug-likeness (QED) is 0.751. The second-order valence-corrected chi connectivity index (χ2v) is 9.17. The summed E-state index contributed by atoms with van der Waals surface area (Å²) in [5.41, 5.74) is 0.345. The van der Waals surface area contributed by atoms with Crippen LogP contribution in [0.25, 0.3) is 0 Å². The van der Waals surface area contributed by atoms with E-state index in [-0.39, 0.29) is 33.0 Å². The van der Waals surface area contributed by atoms with Crippen LogP contribution in [0.1, 0.15) is 36.5 Å². The third-order valence-electron chi connectivity index (χ3n) is 4.93. The number of sulfonamides is 1. The topological polar surface area (TPSA) is 75.7 Å². The van der Waals surface area contributed by atoms with Gasteiger partial charge in [0.15, 0.2) is 0 Å². The van der Waals surface area contributed by atoms with Gasteiger partial charge in [0.1, 0.15) is 16.5 Å². The molecule has 0 saturated carbocycles. The van der Waals surface area contributed by atoms with E-state index in [1.165, 1.54) is 41.7 Å². The standard InChI is InChI=1S/C20H22ClFN2O4S/c1-13-5-3-4-10-24(13)29(26,27)19-11-14(6-9-18(19)28-2)20(25)23-17-8-7-15(22)12-16(17)21/h6-9,11-13H,3-5,10H2,1-2H3,(H,23,25). The van der Waals surface area contributed by atoms with Crippen molar-refractivity contribution >= 4 is 33.2 Å². The van der Waals surface area contributed by atoms with Gasteiger partial charge in [-0.1, -0.05) is 18.0 Å². The lowest BCUT2D eigenvalue weighted by atomic mass is 10.1. The zero-order chi connectivity index (χ0) is 21.2. The highest BCUT2D eigenvalue weighted by Gasteiger charge is 2.33. The smallest absolute Gasteiger partial charge is 0.255 e. The molecule has 3 rings (SSSR count). The van der Waals surface area contributed by atoms with Crippen molar-refractivity contribution in [3.63, 3.8) is 0 Å². The molecule has 0 aromatic heterocycles. The predicted molar refractivity (Wildman–Crippen MR) is 110 cm³/mol. The SMILES string of the molecule is COc1ccc(C(=O)Nc2ccc(F)cc2Cl)cc1S(=O)(=O)N1CCCCC1C. The Labute approximate surface area is 174 Å². The van der Waals surface area contributed by atoms with Crippen molar-refractivity contribution in [2.45, 2.75) is 37.1 Å². The average Bonchev–Trinajstić information content (AvgIpc) is 2.69. The molecule has 0 radical (unpaired) electrons. The van der Waals surface area contributed by atoms with Crippen LogP contribution >= 0.6 is 11.6 Å². The number of carbonyl (C=O) groups excluding carboxylic acids is 1. The number of piperidine rings is 1. The number of rotatable bonds is 5. The minimum absolute atomic E-state index is 0.0434. The minimum Gasteiger partial charge on any atom is -0.495 e. The first-order valence-electron chi connectivity index (χ1n) is 9.20. The zero-order valence-electron chi connectivity index (χ0n) is 16.1. The van der Waals surface area contributed by atoms with Crippen LogP contribution < -0.4 is 10.1 Å². The molecular weight excluding hydrogens is 419 g/mol. The Hall–Kier alpha value is -2.16. The Morgan fingerprint density at radius 1 is 1.24 bits per heavy atom. The molecule has 1 N–H and O–H groups in total. The molecule has 0 aliphatic carbocycles. The van der Waals surface area contributed by atoms with Crippen LogP contribution in [0.3, 0.4) is 0 Å². The highest BCUT2D eigenvalue weighted by atomic mass is 35.5. The lowest BCUT2D eigenvalue weighted by Gasteiger charge is -2.32. The summed E-state index contributed by atoms with van der Waals surface area (Å²) in [6, 6.07) is 7.66. The fourth-order valence-electron chi connectivity index (χ4n) is 3.36. The third kappa shape index (κ3) is 4.55. The first kappa shape index (κ1) is 21.5. The van der Waals surface area contributed by atoms with E-state index in [4.69, 9.17) is 16.3 Å². The Bertz CT molecular complexity index is 1030. The van der Waals surface area contributed by atoms with Crippen molar-refractivity contribution in [3.8, 4) is 5.75 Å². The van der Waals surface area contributed by atoms with Crippen LogP contribution in [0.4, 0.5) is 10.1 Å². The fourth-order valence-corrected chi connectivity index (χ4v) is 5.46. The largest absolute Gasteiger partial charge is 0.495 e. The van der Waals surface area contributed by atoms with Crippen molar-refractivity contribution in [2.24, 2.45) is 0 Å². The molecule has 1 amide bonds. The summed E-state index contributed by atoms with van der Waals surface area (Å²) in [5.74, 6) is -0.926. The number of amides is 1. The number of ether oxygens (including phenoxy) is 1. The molecule has 9 heteroatoms. The van der Waals surface area contributed by atoms with E-state index in [9.17, 15) is 17.6 Å². The number of anilines is 1. The maximum Gasteiger partial charge on any atom is 0.255 e. The van der Waals surface area contributed by atoms with Crippen LogP contribution in [-0.4, -0.2) is 38.3 Å². The lowest BCUT2D eigenvalue weighted by Crippen LogP contribution is -2.42. The van der Waals surface area contributed by atoms with E-state index >= 15 is 0 Å². The molecule has 2 aromatic rings. The molecule has 1 fully saturated rings. The van der Waals surface area contributed by atoms with Crippen molar-refractivity contribution in [2.75, 3.05) is 19.0 Å². The molecule has 1 unspecified atom stereocenters. The van der Waals surface area contributed by atoms with Gasteiger partial charge < -0.3 is 10.1 Å². The van der Waals surface area contributed by atoms with Gasteiger partial charge in [-0.3, -0.25) is 4.79 Å². The number of nitrogens with one attached hydrogen (secondary N) is 1. The van der Waals surface area contributed by atoms with Crippen LogP contribution in [0.5, 0.6) is 5.75 Å². The highest BCUT2D eigenvalue weighted by Crippen LogP contribution is 2.32. The summed E-state index contributed by atoms with van der Waals surface area (Å²) in [5, 5.41) is 2.61. The Morgan fingerprint density at radius 3 is 2.66 bits per heavy atom. The molecule has 156 valence electrons. The van der Waals surface area contributed by atoms with Gasteiger partial charge in [-0.05, 0) is 56.2 Å². The lowest BCUT2D eigenvalue weighted by molar-refractivity contribution is 0.102. The molecule has 0 bridgehead atoms. The molecular formula is C20H22ClFN2O4S. The molecule has 0 spiro atoms. The molecule has 1 aliphatic heterocycles. The van der Waals surface area contributed by atoms with Gasteiger partial charge >= 0.3 is 0 Å². The molecule has 1 heterocycles. The van der Waals surface area contributed by atoms with E-state index in [0.717, 1.165) is 25.3 Å². The van der Waals surface area contributed by atoms with Crippen LogP contribution in [0.2, 0.25) is 5.02 Å². The van der Waals surface area contributed by atoms with E-state index in [0.29, 0.717) is 6.54 Å². The van der Waals surface area contributed by atoms with Crippen molar-refractivity contribution in [1.29, 1.82) is 0 Å². The third-order valence-corrected chi connectivity index (χ3v) is 7.28. The summed E-state index contributed by atoms with van der Waals surface area (Å²) < 4.78 is 46.4. The number of halogens is 2. The van der Waals surface area contributed by atoms with E-state index in [2.05, 4.69) is 5.32 Å². The molecule has 29 heavy (non-hydrogen) atoms. The summed E-state index contributed by atoms with van der Waals surface area (Å²) in [7, 11) is -2.46. The number of methoxy groups -OCH3 is 1. The van der Waals surface area contributed by atoms with Gasteiger partial charge in [-0.25, -0.2) is 12.8 Å². The maximum absolute atomic E-state index is 13.3. The number of hydrogen-bond donors (Lipinski definition) is 1. The molecule has 1 atom stereocenters. The summed E-state index contributed by atoms with van der Waals surface area (Å²) in [4.78, 5) is 12.6. The van der Waals surface area contributed by atoms with E-state index in [1.54, 1.807) is 0 Å². The van der Waals surface area contributed by atoms with Crippen LogP contribution in [-0.2, 0) is 10.0 Å². The number of hydrogen-bond acceptors (Lipinski definition) is 4. The monoisotopic (exact) mass is 440 g/mol. The minimum atomic E-state index is -3.84. The molecule has 2 aromatic carbocycles. The Kier molecular flexibility index (Phi) is 6.45. The molecule has 6 nitrogen and oxygen atoms in total. The highest BCUT2D eigenvalue weighted by molar-refractivity contribution is 7.89. The summed E-state index contributed by atoms with van der Waals surface area (Å²) in [6.45, 7) is 2.30. The van der Waals surface area contributed by atoms with Gasteiger partial charge in [0.2, 0.25) is 10.0 Å². The normalized spacial score (nSPS) is 17.7.